The van der Waals surface area contributed by atoms with Gasteiger partial charge in [-0.05, 0) is 11.3 Å². The number of azide groups is 1. The SMILES string of the molecule is CCSC(=S)CN=[N+]=[N-]. The van der Waals surface area contributed by atoms with Gasteiger partial charge in [0.05, 0.1) is 10.7 Å². The standard InChI is InChI=1S/C4H7N3S2/c1-2-9-4(8)3-6-7-5/h2-3H2,1H3. The second-order valence-electron chi connectivity index (χ2n) is 1.19. The van der Waals surface area contributed by atoms with Crippen molar-refractivity contribution >= 4 is 28.2 Å². The van der Waals surface area contributed by atoms with Crippen LogP contribution < -0.4 is 0 Å². The van der Waals surface area contributed by atoms with Gasteiger partial charge in [-0.15, -0.1) is 11.8 Å². The van der Waals surface area contributed by atoms with E-state index in [0.717, 1.165) is 9.95 Å². The summed E-state index contributed by atoms with van der Waals surface area (Å²) in [5, 5.41) is 3.31. The highest BCUT2D eigenvalue weighted by molar-refractivity contribution is 8.23. The van der Waals surface area contributed by atoms with E-state index >= 15 is 0 Å². The molecule has 0 aliphatic rings. The highest BCUT2D eigenvalue weighted by Crippen LogP contribution is 2.02. The van der Waals surface area contributed by atoms with E-state index in [-0.39, 0.29) is 0 Å². The van der Waals surface area contributed by atoms with Crippen molar-refractivity contribution in [2.75, 3.05) is 12.3 Å². The normalized spacial score (nSPS) is 8.11. The molecule has 50 valence electrons. The summed E-state index contributed by atoms with van der Waals surface area (Å²) in [5.74, 6) is 0.944. The van der Waals surface area contributed by atoms with Gasteiger partial charge in [-0.2, -0.15) is 0 Å². The molecule has 0 saturated carbocycles. The Morgan fingerprint density at radius 1 is 1.89 bits per heavy atom. The molecular formula is C4H7N3S2. The lowest BCUT2D eigenvalue weighted by molar-refractivity contribution is 1.30. The summed E-state index contributed by atoms with van der Waals surface area (Å²) in [6.07, 6.45) is 0. The first kappa shape index (κ1) is 8.75. The molecule has 0 aromatic heterocycles. The minimum absolute atomic E-state index is 0.338. The van der Waals surface area contributed by atoms with Gasteiger partial charge in [-0.1, -0.05) is 24.3 Å². The third-order valence-corrected chi connectivity index (χ3v) is 1.79. The summed E-state index contributed by atoms with van der Waals surface area (Å²) in [7, 11) is 0. The number of hydrogen-bond acceptors (Lipinski definition) is 3. The van der Waals surface area contributed by atoms with Gasteiger partial charge < -0.3 is 0 Å². The van der Waals surface area contributed by atoms with Gasteiger partial charge >= 0.3 is 0 Å². The van der Waals surface area contributed by atoms with Crippen molar-refractivity contribution in [3.8, 4) is 0 Å². The molecule has 0 aliphatic heterocycles. The first-order valence-electron chi connectivity index (χ1n) is 2.47. The maximum absolute atomic E-state index is 7.87. The monoisotopic (exact) mass is 161 g/mol. The molecule has 0 aromatic rings. The van der Waals surface area contributed by atoms with E-state index in [2.05, 4.69) is 10.0 Å². The van der Waals surface area contributed by atoms with Crippen molar-refractivity contribution in [3.63, 3.8) is 0 Å². The zero-order valence-electron chi connectivity index (χ0n) is 5.07. The van der Waals surface area contributed by atoms with Crippen LogP contribution in [0.4, 0.5) is 0 Å². The van der Waals surface area contributed by atoms with Crippen LogP contribution in [0, 0.1) is 0 Å². The molecule has 9 heavy (non-hydrogen) atoms. The minimum Gasteiger partial charge on any atom is -0.119 e. The predicted octanol–water partition coefficient (Wildman–Crippen LogP) is 2.38. The van der Waals surface area contributed by atoms with Crippen LogP contribution in [0.25, 0.3) is 10.4 Å². The lowest BCUT2D eigenvalue weighted by atomic mass is 10.8. The Morgan fingerprint density at radius 3 is 3.00 bits per heavy atom. The molecule has 0 fully saturated rings. The molecule has 0 N–H and O–H groups in total. The second-order valence-corrected chi connectivity index (χ2v) is 3.30. The molecule has 3 nitrogen and oxygen atoms in total. The molecule has 0 bridgehead atoms. The topological polar surface area (TPSA) is 48.8 Å². The zero-order valence-corrected chi connectivity index (χ0v) is 6.71. The quantitative estimate of drug-likeness (QED) is 0.276. The predicted molar refractivity (Wildman–Crippen MR) is 44.7 cm³/mol. The number of rotatable bonds is 3. The molecule has 5 heteroatoms. The molecular weight excluding hydrogens is 154 g/mol. The maximum atomic E-state index is 7.87. The van der Waals surface area contributed by atoms with Crippen LogP contribution in [0.1, 0.15) is 6.92 Å². The molecule has 0 unspecified atom stereocenters. The van der Waals surface area contributed by atoms with E-state index < -0.39 is 0 Å². The molecule has 0 radical (unpaired) electrons. The van der Waals surface area contributed by atoms with Crippen molar-refractivity contribution in [1.29, 1.82) is 0 Å². The van der Waals surface area contributed by atoms with Crippen LogP contribution in [-0.4, -0.2) is 16.5 Å². The van der Waals surface area contributed by atoms with E-state index in [1.807, 2.05) is 6.92 Å². The highest BCUT2D eigenvalue weighted by atomic mass is 32.2. The van der Waals surface area contributed by atoms with Crippen LogP contribution in [0.2, 0.25) is 0 Å². The molecule has 0 heterocycles. The fourth-order valence-corrected chi connectivity index (χ4v) is 1.18. The summed E-state index contributed by atoms with van der Waals surface area (Å²) >= 11 is 6.35. The van der Waals surface area contributed by atoms with Gasteiger partial charge in [0.25, 0.3) is 0 Å². The van der Waals surface area contributed by atoms with Crippen LogP contribution >= 0.6 is 24.0 Å². The molecule has 0 spiro atoms. The maximum Gasteiger partial charge on any atom is 0.0674 e. The van der Waals surface area contributed by atoms with Gasteiger partial charge in [-0.3, -0.25) is 0 Å². The number of thioether (sulfide) groups is 1. The summed E-state index contributed by atoms with van der Waals surface area (Å²) in [6, 6.07) is 0. The van der Waals surface area contributed by atoms with Crippen molar-refractivity contribution in [2.45, 2.75) is 6.92 Å². The highest BCUT2D eigenvalue weighted by Gasteiger charge is 1.90. The van der Waals surface area contributed by atoms with Crippen molar-refractivity contribution < 1.29 is 0 Å². The molecule has 0 rings (SSSR count). The van der Waals surface area contributed by atoms with E-state index in [4.69, 9.17) is 17.7 Å². The Bertz CT molecular complexity index is 139. The lowest BCUT2D eigenvalue weighted by Crippen LogP contribution is -1.91. The average Bonchev–Trinajstić information content (AvgIpc) is 1.85. The second kappa shape index (κ2) is 5.88. The molecule has 0 aliphatic carbocycles. The summed E-state index contributed by atoms with van der Waals surface area (Å²) in [4.78, 5) is 2.58. The van der Waals surface area contributed by atoms with Crippen LogP contribution in [-0.2, 0) is 0 Å². The summed E-state index contributed by atoms with van der Waals surface area (Å²) < 4.78 is 0.760. The molecule has 0 atom stereocenters. The Hall–Kier alpha value is -0.250. The number of nitrogens with zero attached hydrogens (tertiary/aromatic N) is 3. The third-order valence-electron chi connectivity index (χ3n) is 0.568. The minimum atomic E-state index is 0.338. The zero-order chi connectivity index (χ0) is 7.11. The Labute approximate surface area is 63.4 Å². The van der Waals surface area contributed by atoms with E-state index in [0.29, 0.717) is 6.54 Å². The van der Waals surface area contributed by atoms with Gasteiger partial charge in [-0.25, -0.2) is 0 Å². The third kappa shape index (κ3) is 5.62. The smallest absolute Gasteiger partial charge is 0.0674 e. The Kier molecular flexibility index (Phi) is 5.72. The molecule has 0 aromatic carbocycles. The number of thiocarbonyl (C=S) groups is 1. The van der Waals surface area contributed by atoms with Crippen molar-refractivity contribution in [1.82, 2.24) is 0 Å². The van der Waals surface area contributed by atoms with Crippen LogP contribution in [0.15, 0.2) is 5.11 Å². The average molecular weight is 161 g/mol. The van der Waals surface area contributed by atoms with E-state index in [1.54, 1.807) is 0 Å². The first-order valence-corrected chi connectivity index (χ1v) is 3.87. The van der Waals surface area contributed by atoms with Gasteiger partial charge in [0.15, 0.2) is 0 Å². The summed E-state index contributed by atoms with van der Waals surface area (Å²) in [5.41, 5.74) is 7.87. The van der Waals surface area contributed by atoms with Gasteiger partial charge in [0, 0.05) is 4.91 Å². The fourth-order valence-electron chi connectivity index (χ4n) is 0.296. The Balaban J connectivity index is 3.38. The summed E-state index contributed by atoms with van der Waals surface area (Å²) in [6.45, 7) is 2.34. The molecule has 0 saturated heterocycles. The molecule has 0 amide bonds. The Morgan fingerprint density at radius 2 is 2.56 bits per heavy atom. The largest absolute Gasteiger partial charge is 0.119 e. The van der Waals surface area contributed by atoms with Crippen molar-refractivity contribution in [3.05, 3.63) is 10.4 Å². The first-order chi connectivity index (χ1) is 4.31. The van der Waals surface area contributed by atoms with Crippen LogP contribution in [0.3, 0.4) is 0 Å². The lowest BCUT2D eigenvalue weighted by Gasteiger charge is -1.91. The number of hydrogen-bond donors (Lipinski definition) is 0. The van der Waals surface area contributed by atoms with Gasteiger partial charge in [0.2, 0.25) is 0 Å². The van der Waals surface area contributed by atoms with E-state index in [9.17, 15) is 0 Å². The van der Waals surface area contributed by atoms with Crippen LogP contribution in [0.5, 0.6) is 0 Å². The van der Waals surface area contributed by atoms with E-state index in [1.165, 1.54) is 11.8 Å². The van der Waals surface area contributed by atoms with Crippen molar-refractivity contribution in [2.24, 2.45) is 5.11 Å². The fraction of sp³-hybridized carbons (Fsp3) is 0.750. The van der Waals surface area contributed by atoms with Gasteiger partial charge in [0.1, 0.15) is 0 Å².